The molecule has 0 saturated carbocycles. The van der Waals surface area contributed by atoms with Crippen LogP contribution in [0.15, 0.2) is 23.2 Å². The SMILES string of the molecule is CSc1cccc(CO)n1.[3HH]. The molecule has 0 fully saturated rings. The number of thioether (sulfide) groups is 1. The number of hydrogen-bond acceptors (Lipinski definition) is 3. The van der Waals surface area contributed by atoms with Gasteiger partial charge in [0.15, 0.2) is 0 Å². The molecule has 0 radical (unpaired) electrons. The Morgan fingerprint density at radius 1 is 1.70 bits per heavy atom. The Labute approximate surface area is 65.8 Å². The van der Waals surface area contributed by atoms with Gasteiger partial charge in [0, 0.05) is 1.43 Å². The Kier molecular flexibility index (Phi) is 2.71. The lowest BCUT2D eigenvalue weighted by atomic mass is 10.4. The van der Waals surface area contributed by atoms with E-state index in [9.17, 15) is 0 Å². The second kappa shape index (κ2) is 3.58. The number of rotatable bonds is 2. The minimum absolute atomic E-state index is 0. The van der Waals surface area contributed by atoms with Crippen molar-refractivity contribution >= 4 is 11.8 Å². The van der Waals surface area contributed by atoms with E-state index in [1.165, 1.54) is 0 Å². The van der Waals surface area contributed by atoms with E-state index in [4.69, 9.17) is 5.11 Å². The zero-order valence-electron chi connectivity index (χ0n) is 5.74. The van der Waals surface area contributed by atoms with Gasteiger partial charge >= 0.3 is 0 Å². The molecule has 3 heteroatoms. The molecule has 56 valence electrons. The third-order valence-electron chi connectivity index (χ3n) is 1.15. The summed E-state index contributed by atoms with van der Waals surface area (Å²) < 4.78 is 0. The van der Waals surface area contributed by atoms with E-state index in [2.05, 4.69) is 4.98 Å². The standard InChI is InChI=1S/C7H9NOS.H2/c1-10-7-4-2-3-6(5-9)8-7;/h2-4,9H,5H2,1H3;1H/i;1+2. The predicted octanol–water partition coefficient (Wildman–Crippen LogP) is 1.54. The van der Waals surface area contributed by atoms with Crippen LogP contribution in [0.2, 0.25) is 0 Å². The number of aromatic nitrogens is 1. The number of aliphatic hydroxyl groups is 1. The molecule has 0 atom stereocenters. The summed E-state index contributed by atoms with van der Waals surface area (Å²) in [5.74, 6) is 0. The quantitative estimate of drug-likeness (QED) is 0.664. The molecule has 0 amide bonds. The summed E-state index contributed by atoms with van der Waals surface area (Å²) in [6.07, 6.45) is 1.96. The molecule has 1 rings (SSSR count). The fourth-order valence-corrected chi connectivity index (χ4v) is 1.08. The first kappa shape index (κ1) is 7.57. The van der Waals surface area contributed by atoms with E-state index in [0.29, 0.717) is 0 Å². The van der Waals surface area contributed by atoms with Gasteiger partial charge in [0.25, 0.3) is 0 Å². The van der Waals surface area contributed by atoms with Crippen molar-refractivity contribution in [2.75, 3.05) is 6.26 Å². The number of hydrogen-bond donors (Lipinski definition) is 1. The third kappa shape index (κ3) is 1.72. The lowest BCUT2D eigenvalue weighted by Gasteiger charge is -1.96. The monoisotopic (exact) mass is 159 g/mol. The molecule has 1 aromatic rings. The van der Waals surface area contributed by atoms with E-state index in [1.54, 1.807) is 17.8 Å². The Hall–Kier alpha value is -0.540. The Morgan fingerprint density at radius 3 is 3.10 bits per heavy atom. The fraction of sp³-hybridized carbons (Fsp3) is 0.286. The molecule has 0 unspecified atom stereocenters. The normalized spacial score (nSPS) is 9.80. The average molecular weight is 159 g/mol. The molecule has 0 saturated heterocycles. The van der Waals surface area contributed by atoms with Crippen molar-refractivity contribution in [2.45, 2.75) is 11.6 Å². The minimum Gasteiger partial charge on any atom is -0.390 e. The highest BCUT2D eigenvalue weighted by atomic mass is 32.2. The van der Waals surface area contributed by atoms with E-state index in [0.717, 1.165) is 10.7 Å². The van der Waals surface area contributed by atoms with Gasteiger partial charge in [-0.2, -0.15) is 0 Å². The fourth-order valence-electron chi connectivity index (χ4n) is 0.659. The van der Waals surface area contributed by atoms with Gasteiger partial charge in [-0.3, -0.25) is 0 Å². The van der Waals surface area contributed by atoms with E-state index in [-0.39, 0.29) is 8.03 Å². The first-order chi connectivity index (χ1) is 4.86. The molecule has 0 aliphatic heterocycles. The summed E-state index contributed by atoms with van der Waals surface area (Å²) in [6.45, 7) is 0.0222. The molecule has 1 N–H and O–H groups in total. The molecule has 0 spiro atoms. The summed E-state index contributed by atoms with van der Waals surface area (Å²) in [6, 6.07) is 5.62. The smallest absolute Gasteiger partial charge is 0.0961 e. The molecule has 2 nitrogen and oxygen atoms in total. The van der Waals surface area contributed by atoms with Crippen molar-refractivity contribution in [3.05, 3.63) is 23.9 Å². The van der Waals surface area contributed by atoms with Crippen molar-refractivity contribution in [1.29, 1.82) is 0 Å². The zero-order valence-corrected chi connectivity index (χ0v) is 6.56. The lowest BCUT2D eigenvalue weighted by molar-refractivity contribution is 0.276. The van der Waals surface area contributed by atoms with Crippen molar-refractivity contribution < 1.29 is 6.53 Å². The molecule has 10 heavy (non-hydrogen) atoms. The summed E-state index contributed by atoms with van der Waals surface area (Å²) in [7, 11) is 0. The van der Waals surface area contributed by atoms with Crippen LogP contribution in [0.4, 0.5) is 0 Å². The first-order valence-electron chi connectivity index (χ1n) is 2.97. The lowest BCUT2D eigenvalue weighted by Crippen LogP contribution is -1.88. The highest BCUT2D eigenvalue weighted by molar-refractivity contribution is 7.98. The summed E-state index contributed by atoms with van der Waals surface area (Å²) in [5, 5.41) is 9.64. The number of aliphatic hydroxyl groups excluding tert-OH is 1. The second-order valence-electron chi connectivity index (χ2n) is 1.83. The van der Waals surface area contributed by atoms with Crippen molar-refractivity contribution in [2.24, 2.45) is 0 Å². The predicted molar refractivity (Wildman–Crippen MR) is 44.1 cm³/mol. The van der Waals surface area contributed by atoms with E-state index < -0.39 is 0 Å². The number of pyridine rings is 1. The highest BCUT2D eigenvalue weighted by Crippen LogP contribution is 2.10. The van der Waals surface area contributed by atoms with Crippen LogP contribution in [0.3, 0.4) is 0 Å². The van der Waals surface area contributed by atoms with E-state index in [1.807, 2.05) is 18.4 Å². The Morgan fingerprint density at radius 2 is 2.50 bits per heavy atom. The van der Waals surface area contributed by atoms with Crippen molar-refractivity contribution in [3.63, 3.8) is 0 Å². The van der Waals surface area contributed by atoms with Crippen LogP contribution in [0.25, 0.3) is 0 Å². The van der Waals surface area contributed by atoms with Gasteiger partial charge in [0.1, 0.15) is 0 Å². The van der Waals surface area contributed by atoms with Gasteiger partial charge < -0.3 is 5.11 Å². The second-order valence-corrected chi connectivity index (χ2v) is 2.66. The van der Waals surface area contributed by atoms with Crippen LogP contribution in [0, 0.1) is 0 Å². The van der Waals surface area contributed by atoms with Crippen LogP contribution in [0.1, 0.15) is 7.12 Å². The van der Waals surface area contributed by atoms with E-state index >= 15 is 0 Å². The first-order valence-corrected chi connectivity index (χ1v) is 4.20. The summed E-state index contributed by atoms with van der Waals surface area (Å²) in [4.78, 5) is 4.12. The van der Waals surface area contributed by atoms with Gasteiger partial charge in [-0.15, -0.1) is 11.8 Å². The topological polar surface area (TPSA) is 33.1 Å². The van der Waals surface area contributed by atoms with Gasteiger partial charge in [-0.1, -0.05) is 6.07 Å². The molecular formula is C7H11NOS. The maximum absolute atomic E-state index is 8.69. The average Bonchev–Trinajstić information content (AvgIpc) is 2.05. The Balaban J connectivity index is 0.000001000. The van der Waals surface area contributed by atoms with Crippen LogP contribution >= 0.6 is 11.8 Å². The Bertz CT molecular complexity index is 200. The highest BCUT2D eigenvalue weighted by Gasteiger charge is 1.92. The van der Waals surface area contributed by atoms with Crippen LogP contribution in [-0.2, 0) is 6.61 Å². The number of nitrogens with zero attached hydrogens (tertiary/aromatic N) is 1. The molecule has 0 aliphatic carbocycles. The van der Waals surface area contributed by atoms with Gasteiger partial charge in [0.2, 0.25) is 0 Å². The van der Waals surface area contributed by atoms with Crippen LogP contribution in [-0.4, -0.2) is 16.3 Å². The zero-order chi connectivity index (χ0) is 7.40. The van der Waals surface area contributed by atoms with Gasteiger partial charge in [0.05, 0.1) is 17.3 Å². The molecule has 0 bridgehead atoms. The minimum atomic E-state index is 0. The van der Waals surface area contributed by atoms with Gasteiger partial charge in [-0.25, -0.2) is 4.98 Å². The third-order valence-corrected chi connectivity index (χ3v) is 1.80. The maximum Gasteiger partial charge on any atom is 0.0961 e. The molecule has 1 aromatic heterocycles. The van der Waals surface area contributed by atoms with Crippen LogP contribution < -0.4 is 0 Å². The summed E-state index contributed by atoms with van der Waals surface area (Å²) in [5.41, 5.74) is 0.729. The maximum atomic E-state index is 8.69. The van der Waals surface area contributed by atoms with Crippen LogP contribution in [0.5, 0.6) is 0 Å². The van der Waals surface area contributed by atoms with Crippen molar-refractivity contribution in [1.82, 2.24) is 4.98 Å². The molecule has 0 aliphatic rings. The van der Waals surface area contributed by atoms with Crippen molar-refractivity contribution in [3.8, 4) is 0 Å². The molecule has 1 heterocycles. The summed E-state index contributed by atoms with van der Waals surface area (Å²) >= 11 is 1.58. The largest absolute Gasteiger partial charge is 0.390 e. The molecular weight excluding hydrogens is 146 g/mol. The molecule has 0 aromatic carbocycles. The van der Waals surface area contributed by atoms with Gasteiger partial charge in [-0.05, 0) is 18.4 Å².